The van der Waals surface area contributed by atoms with E-state index in [4.69, 9.17) is 5.73 Å². The zero-order chi connectivity index (χ0) is 13.0. The van der Waals surface area contributed by atoms with E-state index in [1.807, 2.05) is 30.1 Å². The summed E-state index contributed by atoms with van der Waals surface area (Å²) in [7, 11) is 1.85. The standard InChI is InChI=1S/C14H16FN3/c1-18(10-12-3-2-6-17-9-12)14-5-4-11(8-16)7-13(14)15/h2-7,9H,8,10,16H2,1H3. The maximum atomic E-state index is 13.9. The highest BCUT2D eigenvalue weighted by Crippen LogP contribution is 2.20. The molecule has 2 rings (SSSR count). The van der Waals surface area contributed by atoms with Gasteiger partial charge in [-0.05, 0) is 29.3 Å². The van der Waals surface area contributed by atoms with E-state index in [-0.39, 0.29) is 5.82 Å². The molecule has 0 saturated carbocycles. The van der Waals surface area contributed by atoms with Crippen LogP contribution in [0.25, 0.3) is 0 Å². The van der Waals surface area contributed by atoms with Crippen LogP contribution in [0.1, 0.15) is 11.1 Å². The largest absolute Gasteiger partial charge is 0.368 e. The predicted octanol–water partition coefficient (Wildman–Crippen LogP) is 2.32. The Hall–Kier alpha value is -1.94. The fraction of sp³-hybridized carbons (Fsp3) is 0.214. The molecule has 0 aliphatic rings. The van der Waals surface area contributed by atoms with E-state index < -0.39 is 0 Å². The van der Waals surface area contributed by atoms with E-state index in [9.17, 15) is 4.39 Å². The summed E-state index contributed by atoms with van der Waals surface area (Å²) in [4.78, 5) is 5.90. The van der Waals surface area contributed by atoms with Crippen molar-refractivity contribution in [1.29, 1.82) is 0 Å². The summed E-state index contributed by atoms with van der Waals surface area (Å²) in [6.07, 6.45) is 3.50. The predicted molar refractivity (Wildman–Crippen MR) is 70.6 cm³/mol. The van der Waals surface area contributed by atoms with Gasteiger partial charge in [0.15, 0.2) is 0 Å². The summed E-state index contributed by atoms with van der Waals surface area (Å²) in [5, 5.41) is 0. The molecule has 0 aliphatic carbocycles. The maximum Gasteiger partial charge on any atom is 0.146 e. The van der Waals surface area contributed by atoms with E-state index in [1.54, 1.807) is 18.5 Å². The van der Waals surface area contributed by atoms with Gasteiger partial charge < -0.3 is 10.6 Å². The van der Waals surface area contributed by atoms with Crippen molar-refractivity contribution in [1.82, 2.24) is 4.98 Å². The van der Waals surface area contributed by atoms with Crippen molar-refractivity contribution in [3.05, 3.63) is 59.7 Å². The summed E-state index contributed by atoms with van der Waals surface area (Å²) in [6, 6.07) is 8.92. The molecule has 0 amide bonds. The van der Waals surface area contributed by atoms with Crippen LogP contribution in [0.2, 0.25) is 0 Å². The topological polar surface area (TPSA) is 42.2 Å². The van der Waals surface area contributed by atoms with E-state index >= 15 is 0 Å². The second-order valence-corrected chi connectivity index (χ2v) is 4.21. The molecule has 0 spiro atoms. The third-order valence-corrected chi connectivity index (χ3v) is 2.80. The molecule has 1 aromatic heterocycles. The Morgan fingerprint density at radius 2 is 2.11 bits per heavy atom. The van der Waals surface area contributed by atoms with Crippen LogP contribution in [0.5, 0.6) is 0 Å². The highest BCUT2D eigenvalue weighted by atomic mass is 19.1. The molecule has 4 heteroatoms. The van der Waals surface area contributed by atoms with Crippen molar-refractivity contribution in [2.45, 2.75) is 13.1 Å². The van der Waals surface area contributed by atoms with Gasteiger partial charge in [0.25, 0.3) is 0 Å². The lowest BCUT2D eigenvalue weighted by atomic mass is 10.1. The minimum absolute atomic E-state index is 0.246. The fourth-order valence-electron chi connectivity index (χ4n) is 1.84. The first-order valence-electron chi connectivity index (χ1n) is 5.79. The third-order valence-electron chi connectivity index (χ3n) is 2.80. The van der Waals surface area contributed by atoms with Crippen LogP contribution in [0.3, 0.4) is 0 Å². The molecule has 0 radical (unpaired) electrons. The molecule has 3 nitrogen and oxygen atoms in total. The number of nitrogens with two attached hydrogens (primary N) is 1. The monoisotopic (exact) mass is 245 g/mol. The van der Waals surface area contributed by atoms with Gasteiger partial charge in [-0.3, -0.25) is 4.98 Å². The lowest BCUT2D eigenvalue weighted by molar-refractivity contribution is 0.620. The summed E-state index contributed by atoms with van der Waals surface area (Å²) in [6.45, 7) is 0.969. The van der Waals surface area contributed by atoms with Crippen molar-refractivity contribution in [3.63, 3.8) is 0 Å². The molecule has 0 saturated heterocycles. The number of anilines is 1. The fourth-order valence-corrected chi connectivity index (χ4v) is 1.84. The van der Waals surface area contributed by atoms with Crippen LogP contribution >= 0.6 is 0 Å². The molecule has 1 heterocycles. The number of nitrogens with zero attached hydrogens (tertiary/aromatic N) is 2. The maximum absolute atomic E-state index is 13.9. The summed E-state index contributed by atoms with van der Waals surface area (Å²) in [5.41, 5.74) is 7.89. The third kappa shape index (κ3) is 2.84. The van der Waals surface area contributed by atoms with Crippen LogP contribution in [0.4, 0.5) is 10.1 Å². The zero-order valence-electron chi connectivity index (χ0n) is 10.3. The lowest BCUT2D eigenvalue weighted by Gasteiger charge is -2.20. The Labute approximate surface area is 106 Å². The number of hydrogen-bond donors (Lipinski definition) is 1. The molecule has 0 fully saturated rings. The van der Waals surface area contributed by atoms with Gasteiger partial charge >= 0.3 is 0 Å². The van der Waals surface area contributed by atoms with Crippen molar-refractivity contribution in [2.24, 2.45) is 5.73 Å². The highest BCUT2D eigenvalue weighted by molar-refractivity contribution is 5.48. The Bertz CT molecular complexity index is 514. The van der Waals surface area contributed by atoms with E-state index in [2.05, 4.69) is 4.98 Å². The van der Waals surface area contributed by atoms with Crippen molar-refractivity contribution in [2.75, 3.05) is 11.9 Å². The Morgan fingerprint density at radius 1 is 1.28 bits per heavy atom. The van der Waals surface area contributed by atoms with Gasteiger partial charge in [0.2, 0.25) is 0 Å². The first-order chi connectivity index (χ1) is 8.70. The quantitative estimate of drug-likeness (QED) is 0.898. The van der Waals surface area contributed by atoms with Gasteiger partial charge in [0.1, 0.15) is 5.82 Å². The SMILES string of the molecule is CN(Cc1cccnc1)c1ccc(CN)cc1F. The first kappa shape index (κ1) is 12.5. The average molecular weight is 245 g/mol. The molecule has 18 heavy (non-hydrogen) atoms. The summed E-state index contributed by atoms with van der Waals surface area (Å²) in [5.74, 6) is -0.246. The zero-order valence-corrected chi connectivity index (χ0v) is 10.3. The normalized spacial score (nSPS) is 10.4. The molecule has 0 bridgehead atoms. The van der Waals surface area contributed by atoms with Crippen molar-refractivity contribution < 1.29 is 4.39 Å². The lowest BCUT2D eigenvalue weighted by Crippen LogP contribution is -2.18. The molecular weight excluding hydrogens is 229 g/mol. The van der Waals surface area contributed by atoms with Gasteiger partial charge in [-0.15, -0.1) is 0 Å². The number of pyridine rings is 1. The number of rotatable bonds is 4. The van der Waals surface area contributed by atoms with E-state index in [1.165, 1.54) is 6.07 Å². The Kier molecular flexibility index (Phi) is 3.89. The van der Waals surface area contributed by atoms with Crippen LogP contribution in [0.15, 0.2) is 42.7 Å². The van der Waals surface area contributed by atoms with Gasteiger partial charge in [-0.1, -0.05) is 12.1 Å². The number of halogens is 1. The molecule has 0 unspecified atom stereocenters. The minimum Gasteiger partial charge on any atom is -0.368 e. The second kappa shape index (κ2) is 5.60. The van der Waals surface area contributed by atoms with Crippen LogP contribution in [0, 0.1) is 5.82 Å². The van der Waals surface area contributed by atoms with Gasteiger partial charge in [0, 0.05) is 32.5 Å². The van der Waals surface area contributed by atoms with E-state index in [0.29, 0.717) is 18.8 Å². The first-order valence-corrected chi connectivity index (χ1v) is 5.79. The average Bonchev–Trinajstić information content (AvgIpc) is 2.39. The van der Waals surface area contributed by atoms with E-state index in [0.717, 1.165) is 11.1 Å². The highest BCUT2D eigenvalue weighted by Gasteiger charge is 2.08. The van der Waals surface area contributed by atoms with Crippen molar-refractivity contribution in [3.8, 4) is 0 Å². The van der Waals surface area contributed by atoms with Crippen LogP contribution in [-0.4, -0.2) is 12.0 Å². The Morgan fingerprint density at radius 3 is 2.72 bits per heavy atom. The molecule has 2 N–H and O–H groups in total. The van der Waals surface area contributed by atoms with Crippen molar-refractivity contribution >= 4 is 5.69 Å². The number of aromatic nitrogens is 1. The van der Waals surface area contributed by atoms with Gasteiger partial charge in [0.05, 0.1) is 5.69 Å². The van der Waals surface area contributed by atoms with Gasteiger partial charge in [-0.2, -0.15) is 0 Å². The Balaban J connectivity index is 2.16. The molecule has 1 aromatic carbocycles. The number of hydrogen-bond acceptors (Lipinski definition) is 3. The molecule has 94 valence electrons. The molecule has 0 atom stereocenters. The second-order valence-electron chi connectivity index (χ2n) is 4.21. The van der Waals surface area contributed by atoms with Gasteiger partial charge in [-0.25, -0.2) is 4.39 Å². The smallest absolute Gasteiger partial charge is 0.146 e. The van der Waals surface area contributed by atoms with Crippen LogP contribution < -0.4 is 10.6 Å². The minimum atomic E-state index is -0.246. The summed E-state index contributed by atoms with van der Waals surface area (Å²) < 4.78 is 13.9. The van der Waals surface area contributed by atoms with Crippen LogP contribution in [-0.2, 0) is 13.1 Å². The molecular formula is C14H16FN3. The number of benzene rings is 1. The molecule has 0 aliphatic heterocycles. The summed E-state index contributed by atoms with van der Waals surface area (Å²) >= 11 is 0. The molecule has 2 aromatic rings.